The minimum atomic E-state index is -1.02. The van der Waals surface area contributed by atoms with Crippen molar-refractivity contribution in [2.24, 2.45) is 5.84 Å². The second-order valence-corrected chi connectivity index (χ2v) is 3.77. The summed E-state index contributed by atoms with van der Waals surface area (Å²) in [5.41, 5.74) is 3.28. The lowest BCUT2D eigenvalue weighted by molar-refractivity contribution is 0.102. The Morgan fingerprint density at radius 1 is 1.05 bits per heavy atom. The van der Waals surface area contributed by atoms with Crippen molar-refractivity contribution >= 4 is 17.3 Å². The van der Waals surface area contributed by atoms with Crippen molar-refractivity contribution in [2.45, 2.75) is 0 Å². The Balaban J connectivity index is 2.23. The van der Waals surface area contributed by atoms with Gasteiger partial charge >= 0.3 is 0 Å². The Hall–Kier alpha value is -2.47. The molecule has 0 bridgehead atoms. The molecular weight excluding hydrogens is 252 g/mol. The summed E-state index contributed by atoms with van der Waals surface area (Å²) >= 11 is 0. The van der Waals surface area contributed by atoms with Crippen LogP contribution in [0.3, 0.4) is 0 Å². The molecular formula is C13H11F2N3O. The highest BCUT2D eigenvalue weighted by Crippen LogP contribution is 2.17. The zero-order valence-corrected chi connectivity index (χ0v) is 9.78. The summed E-state index contributed by atoms with van der Waals surface area (Å²) in [5, 5.41) is 2.46. The normalized spacial score (nSPS) is 10.1. The number of para-hydroxylation sites is 1. The maximum Gasteiger partial charge on any atom is 0.257 e. The molecule has 0 aliphatic rings. The van der Waals surface area contributed by atoms with E-state index in [1.54, 1.807) is 24.3 Å². The number of hydrazine groups is 1. The predicted octanol–water partition coefficient (Wildman–Crippen LogP) is 2.50. The molecule has 0 atom stereocenters. The van der Waals surface area contributed by atoms with Crippen LogP contribution in [0.1, 0.15) is 10.4 Å². The molecule has 0 aliphatic carbocycles. The Labute approximate surface area is 108 Å². The second kappa shape index (κ2) is 5.45. The van der Waals surface area contributed by atoms with Gasteiger partial charge in [-0.25, -0.2) is 8.78 Å². The van der Waals surface area contributed by atoms with Crippen LogP contribution in [-0.4, -0.2) is 5.91 Å². The molecule has 2 aromatic carbocycles. The molecule has 0 saturated carbocycles. The summed E-state index contributed by atoms with van der Waals surface area (Å²) in [6.07, 6.45) is 0. The van der Waals surface area contributed by atoms with Gasteiger partial charge in [0.1, 0.15) is 0 Å². The van der Waals surface area contributed by atoms with E-state index in [4.69, 9.17) is 5.84 Å². The van der Waals surface area contributed by atoms with Crippen molar-refractivity contribution < 1.29 is 13.6 Å². The number of hydrogen-bond acceptors (Lipinski definition) is 3. The Kier molecular flexibility index (Phi) is 3.72. The number of amides is 1. The highest BCUT2D eigenvalue weighted by atomic mass is 19.2. The molecule has 4 N–H and O–H groups in total. The van der Waals surface area contributed by atoms with Crippen LogP contribution in [0.25, 0.3) is 0 Å². The predicted molar refractivity (Wildman–Crippen MR) is 68.6 cm³/mol. The number of anilines is 2. The average Bonchev–Trinajstić information content (AvgIpc) is 2.43. The van der Waals surface area contributed by atoms with Gasteiger partial charge in [-0.2, -0.15) is 0 Å². The molecule has 0 aliphatic heterocycles. The van der Waals surface area contributed by atoms with Gasteiger partial charge in [-0.05, 0) is 24.3 Å². The number of halogens is 2. The number of carbonyl (C=O) groups is 1. The van der Waals surface area contributed by atoms with Gasteiger partial charge in [-0.3, -0.25) is 10.6 Å². The van der Waals surface area contributed by atoms with Crippen LogP contribution in [0.15, 0.2) is 42.5 Å². The fraction of sp³-hybridized carbons (Fsp3) is 0. The SMILES string of the molecule is NNc1ccccc1C(=O)Nc1ccc(F)c(F)c1. The summed E-state index contributed by atoms with van der Waals surface area (Å²) in [5.74, 6) is 2.82. The molecule has 0 radical (unpaired) electrons. The molecule has 19 heavy (non-hydrogen) atoms. The zero-order chi connectivity index (χ0) is 13.8. The van der Waals surface area contributed by atoms with E-state index in [2.05, 4.69) is 10.7 Å². The monoisotopic (exact) mass is 263 g/mol. The van der Waals surface area contributed by atoms with Gasteiger partial charge in [0, 0.05) is 11.8 Å². The first kappa shape index (κ1) is 13.0. The third-order valence-electron chi connectivity index (χ3n) is 2.50. The lowest BCUT2D eigenvalue weighted by atomic mass is 10.1. The Morgan fingerprint density at radius 3 is 2.47 bits per heavy atom. The topological polar surface area (TPSA) is 67.1 Å². The van der Waals surface area contributed by atoms with Crippen LogP contribution in [0.4, 0.5) is 20.2 Å². The molecule has 2 rings (SSSR count). The summed E-state index contributed by atoms with van der Waals surface area (Å²) in [6.45, 7) is 0. The average molecular weight is 263 g/mol. The number of rotatable bonds is 3. The van der Waals surface area contributed by atoms with Crippen LogP contribution in [0, 0.1) is 11.6 Å². The Morgan fingerprint density at radius 2 is 1.79 bits per heavy atom. The molecule has 2 aromatic rings. The molecule has 1 amide bonds. The van der Waals surface area contributed by atoms with E-state index in [1.165, 1.54) is 6.07 Å². The number of hydrogen-bond donors (Lipinski definition) is 3. The van der Waals surface area contributed by atoms with Crippen LogP contribution >= 0.6 is 0 Å². The lowest BCUT2D eigenvalue weighted by Crippen LogP contribution is -2.17. The van der Waals surface area contributed by atoms with E-state index in [1.807, 2.05) is 0 Å². The largest absolute Gasteiger partial charge is 0.323 e. The van der Waals surface area contributed by atoms with Gasteiger partial charge in [0.2, 0.25) is 0 Å². The molecule has 0 fully saturated rings. The highest BCUT2D eigenvalue weighted by molar-refractivity contribution is 6.07. The number of carbonyl (C=O) groups excluding carboxylic acids is 1. The van der Waals surface area contributed by atoms with Crippen LogP contribution in [0.2, 0.25) is 0 Å². The Bertz CT molecular complexity index is 617. The van der Waals surface area contributed by atoms with E-state index in [9.17, 15) is 13.6 Å². The van der Waals surface area contributed by atoms with Crippen LogP contribution in [-0.2, 0) is 0 Å². The van der Waals surface area contributed by atoms with E-state index in [-0.39, 0.29) is 5.69 Å². The maximum absolute atomic E-state index is 13.0. The van der Waals surface area contributed by atoms with E-state index in [0.717, 1.165) is 12.1 Å². The van der Waals surface area contributed by atoms with Gasteiger partial charge < -0.3 is 10.7 Å². The minimum absolute atomic E-state index is 0.163. The summed E-state index contributed by atoms with van der Waals surface area (Å²) in [7, 11) is 0. The highest BCUT2D eigenvalue weighted by Gasteiger charge is 2.11. The second-order valence-electron chi connectivity index (χ2n) is 3.77. The number of nitrogens with one attached hydrogen (secondary N) is 2. The van der Waals surface area contributed by atoms with Crippen molar-refractivity contribution in [2.75, 3.05) is 10.7 Å². The van der Waals surface area contributed by atoms with Gasteiger partial charge in [-0.1, -0.05) is 12.1 Å². The first-order chi connectivity index (χ1) is 9.11. The van der Waals surface area contributed by atoms with Gasteiger partial charge in [0.25, 0.3) is 5.91 Å². The molecule has 0 spiro atoms. The number of benzene rings is 2. The number of nitrogen functional groups attached to an aromatic ring is 1. The zero-order valence-electron chi connectivity index (χ0n) is 9.78. The van der Waals surface area contributed by atoms with Gasteiger partial charge in [-0.15, -0.1) is 0 Å². The maximum atomic E-state index is 13.0. The summed E-state index contributed by atoms with van der Waals surface area (Å²) < 4.78 is 25.8. The van der Waals surface area contributed by atoms with Crippen molar-refractivity contribution in [1.29, 1.82) is 0 Å². The van der Waals surface area contributed by atoms with Crippen molar-refractivity contribution in [3.05, 3.63) is 59.7 Å². The third kappa shape index (κ3) is 2.86. The summed E-state index contributed by atoms with van der Waals surface area (Å²) in [6, 6.07) is 9.69. The molecule has 4 nitrogen and oxygen atoms in total. The molecule has 6 heteroatoms. The van der Waals surface area contributed by atoms with E-state index < -0.39 is 17.5 Å². The van der Waals surface area contributed by atoms with Crippen LogP contribution < -0.4 is 16.6 Å². The molecule has 98 valence electrons. The fourth-order valence-corrected chi connectivity index (χ4v) is 1.58. The van der Waals surface area contributed by atoms with Gasteiger partial charge in [0.15, 0.2) is 11.6 Å². The molecule has 0 unspecified atom stereocenters. The van der Waals surface area contributed by atoms with E-state index in [0.29, 0.717) is 11.3 Å². The molecule has 0 heterocycles. The van der Waals surface area contributed by atoms with Crippen molar-refractivity contribution in [3.8, 4) is 0 Å². The van der Waals surface area contributed by atoms with E-state index >= 15 is 0 Å². The van der Waals surface area contributed by atoms with Crippen molar-refractivity contribution in [3.63, 3.8) is 0 Å². The first-order valence-corrected chi connectivity index (χ1v) is 5.44. The standard InChI is InChI=1S/C13H11F2N3O/c14-10-6-5-8(7-11(10)15)17-13(19)9-3-1-2-4-12(9)18-16/h1-7,18H,16H2,(H,17,19). The summed E-state index contributed by atoms with van der Waals surface area (Å²) in [4.78, 5) is 12.0. The lowest BCUT2D eigenvalue weighted by Gasteiger charge is -2.09. The van der Waals surface area contributed by atoms with Crippen LogP contribution in [0.5, 0.6) is 0 Å². The third-order valence-corrected chi connectivity index (χ3v) is 2.50. The van der Waals surface area contributed by atoms with Gasteiger partial charge in [0.05, 0.1) is 11.3 Å². The van der Waals surface area contributed by atoms with Crippen molar-refractivity contribution in [1.82, 2.24) is 0 Å². The minimum Gasteiger partial charge on any atom is -0.323 e. The molecule has 0 saturated heterocycles. The first-order valence-electron chi connectivity index (χ1n) is 5.44. The smallest absolute Gasteiger partial charge is 0.257 e. The number of nitrogens with two attached hydrogens (primary N) is 1. The quantitative estimate of drug-likeness (QED) is 0.588. The fourth-order valence-electron chi connectivity index (χ4n) is 1.58. The molecule has 0 aromatic heterocycles.